The molecule has 2 atom stereocenters. The highest BCUT2D eigenvalue weighted by molar-refractivity contribution is 5.92. The summed E-state index contributed by atoms with van der Waals surface area (Å²) in [5.74, 6) is -0.975. The summed E-state index contributed by atoms with van der Waals surface area (Å²) in [6.07, 6.45) is 6.94. The van der Waals surface area contributed by atoms with Gasteiger partial charge in [0.2, 0.25) is 6.10 Å². The van der Waals surface area contributed by atoms with Crippen LogP contribution in [0.4, 0.5) is 0 Å². The van der Waals surface area contributed by atoms with E-state index in [-0.39, 0.29) is 12.7 Å². The first-order valence-electron chi connectivity index (χ1n) is 7.81. The average molecular weight is 308 g/mol. The van der Waals surface area contributed by atoms with Crippen LogP contribution in [0.1, 0.15) is 40.0 Å². The summed E-state index contributed by atoms with van der Waals surface area (Å²) >= 11 is 0. The predicted molar refractivity (Wildman–Crippen MR) is 81.1 cm³/mol. The minimum Gasteiger partial charge on any atom is -0.462 e. The van der Waals surface area contributed by atoms with Crippen LogP contribution in [0.2, 0.25) is 0 Å². The minimum absolute atomic E-state index is 0.263. The van der Waals surface area contributed by atoms with Crippen molar-refractivity contribution in [1.29, 1.82) is 0 Å². The fourth-order valence-corrected chi connectivity index (χ4v) is 2.45. The lowest BCUT2D eigenvalue weighted by atomic mass is 9.89. The first-order chi connectivity index (χ1) is 10.5. The Balaban J connectivity index is 2.02. The van der Waals surface area contributed by atoms with Crippen molar-refractivity contribution in [2.45, 2.75) is 52.2 Å². The zero-order chi connectivity index (χ0) is 16.2. The van der Waals surface area contributed by atoms with E-state index in [1.807, 2.05) is 26.0 Å². The second kappa shape index (κ2) is 7.09. The third kappa shape index (κ3) is 3.77. The number of hydrogen-bond donors (Lipinski definition) is 0. The molecule has 2 rings (SSSR count). The first kappa shape index (κ1) is 16.7. The zero-order valence-corrected chi connectivity index (χ0v) is 13.5. The Hall–Kier alpha value is -1.62. The number of rotatable bonds is 6. The second-order valence-electron chi connectivity index (χ2n) is 6.38. The number of unbranched alkanes of at least 4 members (excludes halogenated alkanes) is 1. The van der Waals surface area contributed by atoms with Crippen LogP contribution in [0.25, 0.3) is 0 Å². The smallest absolute Gasteiger partial charge is 0.348 e. The summed E-state index contributed by atoms with van der Waals surface area (Å²) in [5, 5.41) is 0. The molecule has 1 aliphatic carbocycles. The number of carbonyl (C=O) groups excluding carboxylic acids is 2. The van der Waals surface area contributed by atoms with Crippen molar-refractivity contribution < 1.29 is 23.8 Å². The molecule has 0 aromatic heterocycles. The van der Waals surface area contributed by atoms with E-state index in [0.717, 1.165) is 12.8 Å². The van der Waals surface area contributed by atoms with E-state index in [4.69, 9.17) is 14.2 Å². The van der Waals surface area contributed by atoms with E-state index < -0.39 is 23.5 Å². The van der Waals surface area contributed by atoms with E-state index in [1.54, 1.807) is 6.08 Å². The quantitative estimate of drug-likeness (QED) is 0.557. The average Bonchev–Trinajstić information content (AvgIpc) is 2.75. The highest BCUT2D eigenvalue weighted by Crippen LogP contribution is 2.32. The van der Waals surface area contributed by atoms with Gasteiger partial charge in [-0.15, -0.1) is 0 Å². The van der Waals surface area contributed by atoms with Gasteiger partial charge >= 0.3 is 11.9 Å². The lowest BCUT2D eigenvalue weighted by Crippen LogP contribution is -2.37. The summed E-state index contributed by atoms with van der Waals surface area (Å²) in [6, 6.07) is 0. The maximum Gasteiger partial charge on any atom is 0.348 e. The Morgan fingerprint density at radius 1 is 1.45 bits per heavy atom. The van der Waals surface area contributed by atoms with E-state index in [0.29, 0.717) is 18.6 Å². The highest BCUT2D eigenvalue weighted by Gasteiger charge is 2.47. The molecule has 5 nitrogen and oxygen atoms in total. The molecule has 0 radical (unpaired) electrons. The number of esters is 2. The van der Waals surface area contributed by atoms with E-state index in [1.165, 1.54) is 0 Å². The molecule has 1 heterocycles. The summed E-state index contributed by atoms with van der Waals surface area (Å²) in [4.78, 5) is 24.2. The highest BCUT2D eigenvalue weighted by atomic mass is 16.6. The molecule has 122 valence electrons. The second-order valence-corrected chi connectivity index (χ2v) is 6.38. The van der Waals surface area contributed by atoms with Crippen molar-refractivity contribution in [3.8, 4) is 0 Å². The number of cyclic esters (lactones) is 1. The molecular formula is C17H24O5. The van der Waals surface area contributed by atoms with E-state index in [9.17, 15) is 9.59 Å². The van der Waals surface area contributed by atoms with Crippen molar-refractivity contribution in [3.63, 3.8) is 0 Å². The van der Waals surface area contributed by atoms with Crippen LogP contribution in [0, 0.1) is 5.41 Å². The van der Waals surface area contributed by atoms with Crippen LogP contribution in [0.5, 0.6) is 0 Å². The third-order valence-electron chi connectivity index (χ3n) is 3.90. The van der Waals surface area contributed by atoms with Crippen LogP contribution >= 0.6 is 0 Å². The standard InChI is InChI=1S/C17H24O5/c1-4-5-10-20-13-9-7-6-8-12(13)15(18)22-14-16(19)21-11-17(14,2)3/h6-8,13-14H,4-5,9-11H2,1-3H3/t13-,14+/m1/s1. The molecule has 0 aromatic rings. The Morgan fingerprint density at radius 3 is 2.86 bits per heavy atom. The lowest BCUT2D eigenvalue weighted by molar-refractivity contribution is -0.161. The van der Waals surface area contributed by atoms with Gasteiger partial charge in [0.15, 0.2) is 0 Å². The van der Waals surface area contributed by atoms with Crippen LogP contribution in [-0.2, 0) is 23.8 Å². The van der Waals surface area contributed by atoms with Crippen LogP contribution in [0.3, 0.4) is 0 Å². The normalized spacial score (nSPS) is 26.5. The third-order valence-corrected chi connectivity index (χ3v) is 3.90. The first-order valence-corrected chi connectivity index (χ1v) is 7.81. The van der Waals surface area contributed by atoms with E-state index >= 15 is 0 Å². The largest absolute Gasteiger partial charge is 0.462 e. The van der Waals surface area contributed by atoms with Gasteiger partial charge in [-0.1, -0.05) is 39.3 Å². The van der Waals surface area contributed by atoms with Gasteiger partial charge in [0, 0.05) is 12.0 Å². The van der Waals surface area contributed by atoms with Crippen molar-refractivity contribution >= 4 is 11.9 Å². The molecule has 0 N–H and O–H groups in total. The Kier molecular flexibility index (Phi) is 5.40. The molecule has 0 saturated carbocycles. The molecule has 0 spiro atoms. The van der Waals surface area contributed by atoms with Crippen molar-refractivity contribution in [2.75, 3.05) is 13.2 Å². The molecule has 0 bridgehead atoms. The SMILES string of the molecule is CCCCO[C@@H]1CC=CC=C1C(=O)O[C@H]1C(=O)OCC1(C)C. The maximum absolute atomic E-state index is 12.4. The molecule has 1 fully saturated rings. The molecule has 0 unspecified atom stereocenters. The minimum atomic E-state index is -0.858. The Morgan fingerprint density at radius 2 is 2.23 bits per heavy atom. The molecule has 5 heteroatoms. The predicted octanol–water partition coefficient (Wildman–Crippen LogP) is 2.55. The topological polar surface area (TPSA) is 61.8 Å². The van der Waals surface area contributed by atoms with Crippen LogP contribution in [0.15, 0.2) is 23.8 Å². The van der Waals surface area contributed by atoms with Gasteiger partial charge in [0.25, 0.3) is 0 Å². The molecule has 2 aliphatic rings. The molecule has 1 aliphatic heterocycles. The van der Waals surface area contributed by atoms with Gasteiger partial charge in [-0.2, -0.15) is 0 Å². The van der Waals surface area contributed by atoms with Crippen molar-refractivity contribution in [2.24, 2.45) is 5.41 Å². The molecule has 1 saturated heterocycles. The van der Waals surface area contributed by atoms with Crippen molar-refractivity contribution in [1.82, 2.24) is 0 Å². The molecule has 22 heavy (non-hydrogen) atoms. The van der Waals surface area contributed by atoms with Gasteiger partial charge in [-0.25, -0.2) is 9.59 Å². The summed E-state index contributed by atoms with van der Waals surface area (Å²) in [6.45, 7) is 6.65. The van der Waals surface area contributed by atoms with Gasteiger partial charge in [-0.05, 0) is 18.9 Å². The number of carbonyl (C=O) groups is 2. The maximum atomic E-state index is 12.4. The fraction of sp³-hybridized carbons (Fsp3) is 0.647. The lowest BCUT2D eigenvalue weighted by Gasteiger charge is -2.25. The number of hydrogen-bond acceptors (Lipinski definition) is 5. The molecule has 0 aromatic carbocycles. The number of ether oxygens (including phenoxy) is 3. The summed E-state index contributed by atoms with van der Waals surface area (Å²) in [7, 11) is 0. The number of allylic oxidation sites excluding steroid dienone is 2. The van der Waals surface area contributed by atoms with Gasteiger partial charge in [-0.3, -0.25) is 0 Å². The van der Waals surface area contributed by atoms with E-state index in [2.05, 4.69) is 6.92 Å². The molecule has 0 amide bonds. The summed E-state index contributed by atoms with van der Waals surface area (Å²) in [5.41, 5.74) is -0.0368. The van der Waals surface area contributed by atoms with Crippen molar-refractivity contribution in [3.05, 3.63) is 23.8 Å². The zero-order valence-electron chi connectivity index (χ0n) is 13.5. The Bertz CT molecular complexity index is 489. The van der Waals surface area contributed by atoms with Gasteiger partial charge < -0.3 is 14.2 Å². The Labute approximate surface area is 131 Å². The van der Waals surface area contributed by atoms with Gasteiger partial charge in [0.05, 0.1) is 11.7 Å². The molecular weight excluding hydrogens is 284 g/mol. The van der Waals surface area contributed by atoms with Crippen LogP contribution in [-0.4, -0.2) is 37.4 Å². The van der Waals surface area contributed by atoms with Gasteiger partial charge in [0.1, 0.15) is 6.61 Å². The monoisotopic (exact) mass is 308 g/mol. The van der Waals surface area contributed by atoms with Crippen LogP contribution < -0.4 is 0 Å². The fourth-order valence-electron chi connectivity index (χ4n) is 2.45. The summed E-state index contributed by atoms with van der Waals surface area (Å²) < 4.78 is 16.2.